The van der Waals surface area contributed by atoms with Crippen molar-refractivity contribution in [3.8, 4) is 0 Å². The Kier molecular flexibility index (Phi) is 7.46. The van der Waals surface area contributed by atoms with E-state index in [1.54, 1.807) is 12.1 Å². The van der Waals surface area contributed by atoms with Crippen LogP contribution in [0.15, 0.2) is 60.7 Å². The molecule has 3 amide bonds. The number of benzene rings is 2. The standard InChI is InChI=1S/C21H24N3O3S.ClH/c1-24(2,3)14-18(25)28-15-22-20(26)19(16-10-6-4-7-11-16)23(21(22)27)17-12-8-5-9-13-17;/h4-13,19H,14-15H2,1-3H3;1H/q+1;/p-1. The van der Waals surface area contributed by atoms with Crippen molar-refractivity contribution in [2.75, 3.05) is 38.5 Å². The Morgan fingerprint density at radius 3 is 2.07 bits per heavy atom. The molecular formula is C21H24ClN3O3S. The minimum Gasteiger partial charge on any atom is -1.00 e. The average molecular weight is 434 g/mol. The molecule has 1 aliphatic heterocycles. The van der Waals surface area contributed by atoms with Crippen molar-refractivity contribution < 1.29 is 31.3 Å². The highest BCUT2D eigenvalue weighted by Gasteiger charge is 2.46. The maximum absolute atomic E-state index is 13.1. The van der Waals surface area contributed by atoms with Gasteiger partial charge < -0.3 is 16.9 Å². The molecule has 1 atom stereocenters. The van der Waals surface area contributed by atoms with Gasteiger partial charge in [0.05, 0.1) is 27.0 Å². The third-order valence-electron chi connectivity index (χ3n) is 4.30. The highest BCUT2D eigenvalue weighted by Crippen LogP contribution is 2.36. The Labute approximate surface area is 181 Å². The van der Waals surface area contributed by atoms with Crippen LogP contribution in [0.4, 0.5) is 10.5 Å². The van der Waals surface area contributed by atoms with Crippen LogP contribution < -0.4 is 17.3 Å². The molecule has 2 aromatic rings. The maximum atomic E-state index is 13.1. The Hall–Kier alpha value is -2.35. The second kappa shape index (κ2) is 9.43. The first kappa shape index (κ1) is 22.9. The summed E-state index contributed by atoms with van der Waals surface area (Å²) in [4.78, 5) is 41.1. The number of anilines is 1. The second-order valence-corrected chi connectivity index (χ2v) is 8.66. The first-order chi connectivity index (χ1) is 13.3. The summed E-state index contributed by atoms with van der Waals surface area (Å²) >= 11 is 1.01. The first-order valence-electron chi connectivity index (χ1n) is 8.98. The fourth-order valence-electron chi connectivity index (χ4n) is 3.06. The van der Waals surface area contributed by atoms with Crippen LogP contribution in [-0.2, 0) is 9.59 Å². The Bertz CT molecular complexity index is 814. The van der Waals surface area contributed by atoms with Gasteiger partial charge in [0.25, 0.3) is 5.91 Å². The number of urea groups is 1. The monoisotopic (exact) mass is 433 g/mol. The lowest BCUT2D eigenvalue weighted by molar-refractivity contribution is -0.861. The lowest BCUT2D eigenvalue weighted by Crippen LogP contribution is -3.00. The summed E-state index contributed by atoms with van der Waals surface area (Å²) in [6.45, 7) is 0.325. The predicted octanol–water partition coefficient (Wildman–Crippen LogP) is 0.124. The summed E-state index contributed by atoms with van der Waals surface area (Å²) in [6.07, 6.45) is 0. The van der Waals surface area contributed by atoms with Gasteiger partial charge in [-0.1, -0.05) is 60.3 Å². The number of nitrogens with zero attached hydrogens (tertiary/aromatic N) is 3. The molecule has 154 valence electrons. The van der Waals surface area contributed by atoms with Gasteiger partial charge in [0.2, 0.25) is 5.12 Å². The molecule has 0 bridgehead atoms. The van der Waals surface area contributed by atoms with Crippen molar-refractivity contribution in [2.45, 2.75) is 6.04 Å². The Morgan fingerprint density at radius 1 is 0.966 bits per heavy atom. The first-order valence-corrected chi connectivity index (χ1v) is 9.97. The fourth-order valence-corrected chi connectivity index (χ4v) is 4.05. The van der Waals surface area contributed by atoms with E-state index in [2.05, 4.69) is 0 Å². The van der Waals surface area contributed by atoms with Gasteiger partial charge in [0, 0.05) is 5.69 Å². The van der Waals surface area contributed by atoms with Crippen LogP contribution in [0.2, 0.25) is 0 Å². The van der Waals surface area contributed by atoms with E-state index in [1.165, 1.54) is 9.80 Å². The molecule has 0 spiro atoms. The van der Waals surface area contributed by atoms with Crippen LogP contribution >= 0.6 is 11.8 Å². The van der Waals surface area contributed by atoms with Crippen molar-refractivity contribution in [3.05, 3.63) is 66.2 Å². The number of halogens is 1. The molecule has 0 saturated carbocycles. The zero-order valence-electron chi connectivity index (χ0n) is 16.6. The summed E-state index contributed by atoms with van der Waals surface area (Å²) < 4.78 is 0.497. The van der Waals surface area contributed by atoms with E-state index in [0.717, 1.165) is 17.3 Å². The van der Waals surface area contributed by atoms with Crippen LogP contribution in [0.25, 0.3) is 0 Å². The van der Waals surface area contributed by atoms with E-state index in [9.17, 15) is 14.4 Å². The third-order valence-corrected chi connectivity index (χ3v) is 5.14. The largest absolute Gasteiger partial charge is 1.00 e. The Morgan fingerprint density at radius 2 is 1.52 bits per heavy atom. The van der Waals surface area contributed by atoms with Gasteiger partial charge in [-0.2, -0.15) is 0 Å². The molecule has 1 unspecified atom stereocenters. The zero-order valence-corrected chi connectivity index (χ0v) is 18.2. The lowest BCUT2D eigenvalue weighted by Gasteiger charge is -2.23. The molecule has 1 heterocycles. The van der Waals surface area contributed by atoms with Crippen LogP contribution in [-0.4, -0.2) is 60.0 Å². The topological polar surface area (TPSA) is 57.7 Å². The zero-order chi connectivity index (χ0) is 20.3. The molecular weight excluding hydrogens is 410 g/mol. The number of amides is 3. The molecule has 3 rings (SSSR count). The average Bonchev–Trinajstić information content (AvgIpc) is 2.90. The number of thioether (sulfide) groups is 1. The van der Waals surface area contributed by atoms with Crippen LogP contribution in [0.1, 0.15) is 11.6 Å². The van der Waals surface area contributed by atoms with Crippen LogP contribution in [0.3, 0.4) is 0 Å². The number of hydrogen-bond acceptors (Lipinski definition) is 4. The van der Waals surface area contributed by atoms with Gasteiger partial charge in [-0.3, -0.25) is 19.4 Å². The van der Waals surface area contributed by atoms with Crippen LogP contribution in [0.5, 0.6) is 0 Å². The van der Waals surface area contributed by atoms with Crippen molar-refractivity contribution in [1.82, 2.24) is 4.90 Å². The molecule has 0 aromatic heterocycles. The highest BCUT2D eigenvalue weighted by atomic mass is 35.5. The maximum Gasteiger partial charge on any atom is 0.333 e. The quantitative estimate of drug-likeness (QED) is 0.480. The number of likely N-dealkylation sites (N-methyl/N-ethyl adjacent to an activating group) is 1. The molecule has 8 heteroatoms. The normalized spacial score (nSPS) is 16.7. The summed E-state index contributed by atoms with van der Waals surface area (Å²) in [5.41, 5.74) is 1.40. The number of hydrogen-bond donors (Lipinski definition) is 0. The van der Waals surface area contributed by atoms with Gasteiger partial charge >= 0.3 is 6.03 Å². The summed E-state index contributed by atoms with van der Waals surface area (Å²) in [6, 6.07) is 17.2. The number of carbonyl (C=O) groups excluding carboxylic acids is 3. The van der Waals surface area contributed by atoms with Gasteiger partial charge in [-0.15, -0.1) is 0 Å². The fraction of sp³-hybridized carbons (Fsp3) is 0.286. The number of imide groups is 1. The van der Waals surface area contributed by atoms with Gasteiger partial charge in [-0.05, 0) is 17.7 Å². The lowest BCUT2D eigenvalue weighted by atomic mass is 10.1. The van der Waals surface area contributed by atoms with Crippen molar-refractivity contribution in [3.63, 3.8) is 0 Å². The SMILES string of the molecule is C[N+](C)(C)CC(=O)SCN1C(=O)C(c2ccccc2)N(c2ccccc2)C1=O.[Cl-]. The minimum atomic E-state index is -0.731. The molecule has 29 heavy (non-hydrogen) atoms. The van der Waals surface area contributed by atoms with E-state index in [4.69, 9.17) is 0 Å². The van der Waals surface area contributed by atoms with E-state index < -0.39 is 12.1 Å². The van der Waals surface area contributed by atoms with E-state index in [0.29, 0.717) is 16.7 Å². The van der Waals surface area contributed by atoms with E-state index in [-0.39, 0.29) is 29.3 Å². The van der Waals surface area contributed by atoms with E-state index >= 15 is 0 Å². The van der Waals surface area contributed by atoms with Crippen molar-refractivity contribution in [2.24, 2.45) is 0 Å². The van der Waals surface area contributed by atoms with E-state index in [1.807, 2.05) is 69.7 Å². The van der Waals surface area contributed by atoms with Gasteiger partial charge in [0.1, 0.15) is 12.6 Å². The molecule has 6 nitrogen and oxygen atoms in total. The summed E-state index contributed by atoms with van der Waals surface area (Å²) in [5, 5.41) is -0.0532. The molecule has 0 radical (unpaired) electrons. The summed E-state index contributed by atoms with van der Waals surface area (Å²) in [7, 11) is 5.77. The molecule has 1 saturated heterocycles. The molecule has 1 fully saturated rings. The van der Waals surface area contributed by atoms with Crippen molar-refractivity contribution in [1.29, 1.82) is 0 Å². The molecule has 0 N–H and O–H groups in total. The molecule has 0 aliphatic carbocycles. The van der Waals surface area contributed by atoms with Gasteiger partial charge in [-0.25, -0.2) is 4.79 Å². The number of carbonyl (C=O) groups is 3. The third kappa shape index (κ3) is 5.38. The van der Waals surface area contributed by atoms with Crippen LogP contribution in [0, 0.1) is 0 Å². The molecule has 2 aromatic carbocycles. The number of para-hydroxylation sites is 1. The minimum absolute atomic E-state index is 0. The second-order valence-electron chi connectivity index (χ2n) is 7.66. The number of quaternary nitrogens is 1. The smallest absolute Gasteiger partial charge is 0.333 e. The highest BCUT2D eigenvalue weighted by molar-refractivity contribution is 8.13. The van der Waals surface area contributed by atoms with Gasteiger partial charge in [0.15, 0.2) is 0 Å². The predicted molar refractivity (Wildman–Crippen MR) is 111 cm³/mol. The van der Waals surface area contributed by atoms with Crippen molar-refractivity contribution >= 4 is 34.5 Å². The summed E-state index contributed by atoms with van der Waals surface area (Å²) in [5.74, 6) is -0.297. The molecule has 1 aliphatic rings. The Balaban J connectivity index is 0.00000300. The number of rotatable bonds is 6.